The van der Waals surface area contributed by atoms with Crippen molar-refractivity contribution >= 4 is 11.9 Å². The third-order valence-corrected chi connectivity index (χ3v) is 5.98. The summed E-state index contributed by atoms with van der Waals surface area (Å²) in [4.78, 5) is 37.8. The highest BCUT2D eigenvalue weighted by atomic mass is 16.5. The van der Waals surface area contributed by atoms with Gasteiger partial charge in [-0.3, -0.25) is 0 Å². The minimum absolute atomic E-state index is 0.120. The van der Waals surface area contributed by atoms with Crippen molar-refractivity contribution in [2.24, 2.45) is 0 Å². The minimum Gasteiger partial charge on any atom is -0.497 e. The van der Waals surface area contributed by atoms with Gasteiger partial charge in [0.1, 0.15) is 22.8 Å². The molecular formula is C26H27NO7. The Morgan fingerprint density at radius 3 is 2.35 bits per heavy atom. The van der Waals surface area contributed by atoms with Crippen LogP contribution in [0.25, 0.3) is 11.3 Å². The number of aryl methyl sites for hydroxylation is 1. The molecule has 178 valence electrons. The summed E-state index contributed by atoms with van der Waals surface area (Å²) in [5.74, 6) is 0.00184. The van der Waals surface area contributed by atoms with Crippen molar-refractivity contribution in [3.8, 4) is 17.1 Å². The molecule has 0 saturated carbocycles. The molecule has 0 amide bonds. The lowest BCUT2D eigenvalue weighted by Gasteiger charge is -2.17. The Balaban J connectivity index is 1.86. The van der Waals surface area contributed by atoms with Crippen LogP contribution < -0.4 is 10.4 Å². The second-order valence-electron chi connectivity index (χ2n) is 7.96. The summed E-state index contributed by atoms with van der Waals surface area (Å²) in [7, 11) is 1.61. The Morgan fingerprint density at radius 2 is 1.71 bits per heavy atom. The molecule has 0 N–H and O–H groups in total. The fourth-order valence-electron chi connectivity index (χ4n) is 4.41. The Bertz CT molecular complexity index is 1300. The van der Waals surface area contributed by atoms with E-state index in [0.717, 1.165) is 28.1 Å². The summed E-state index contributed by atoms with van der Waals surface area (Å²) in [5.41, 5.74) is 3.54. The van der Waals surface area contributed by atoms with Gasteiger partial charge < -0.3 is 23.2 Å². The van der Waals surface area contributed by atoms with E-state index in [1.54, 1.807) is 27.0 Å². The van der Waals surface area contributed by atoms with E-state index in [4.69, 9.17) is 18.6 Å². The van der Waals surface area contributed by atoms with Crippen LogP contribution in [0.2, 0.25) is 0 Å². The van der Waals surface area contributed by atoms with Crippen LogP contribution in [0.5, 0.6) is 5.75 Å². The van der Waals surface area contributed by atoms with E-state index in [0.29, 0.717) is 36.4 Å². The minimum atomic E-state index is -0.759. The zero-order chi connectivity index (χ0) is 24.4. The van der Waals surface area contributed by atoms with Gasteiger partial charge in [-0.2, -0.15) is 0 Å². The maximum atomic E-state index is 13.0. The SMILES string of the molecule is CCOC(=O)c1cc2c(oc1=O)-c1c(c(C(=O)OCC)n(Cc3ccc(OC)cc3)c1C)CC2. The van der Waals surface area contributed by atoms with E-state index < -0.39 is 17.6 Å². The molecule has 1 aliphatic carbocycles. The molecule has 1 aromatic carbocycles. The molecule has 0 spiro atoms. The largest absolute Gasteiger partial charge is 0.497 e. The zero-order valence-corrected chi connectivity index (χ0v) is 19.7. The number of benzene rings is 1. The molecule has 1 aliphatic rings. The molecular weight excluding hydrogens is 438 g/mol. The first kappa shape index (κ1) is 23.4. The smallest absolute Gasteiger partial charge is 0.355 e. The van der Waals surface area contributed by atoms with E-state index in [2.05, 4.69) is 0 Å². The highest BCUT2D eigenvalue weighted by molar-refractivity contribution is 5.94. The Hall–Kier alpha value is -3.81. The average Bonchev–Trinajstić information content (AvgIpc) is 3.11. The molecule has 2 heterocycles. The lowest BCUT2D eigenvalue weighted by molar-refractivity contribution is 0.0506. The summed E-state index contributed by atoms with van der Waals surface area (Å²) in [6, 6.07) is 9.15. The second kappa shape index (κ2) is 9.59. The number of fused-ring (bicyclic) bond motifs is 3. The van der Waals surface area contributed by atoms with Gasteiger partial charge in [0.05, 0.1) is 20.3 Å². The monoisotopic (exact) mass is 465 g/mol. The van der Waals surface area contributed by atoms with Gasteiger partial charge in [0.15, 0.2) is 0 Å². The maximum Gasteiger partial charge on any atom is 0.355 e. The summed E-state index contributed by atoms with van der Waals surface area (Å²) < 4.78 is 23.2. The quantitative estimate of drug-likeness (QED) is 0.488. The molecule has 4 rings (SSSR count). The summed E-state index contributed by atoms with van der Waals surface area (Å²) in [5, 5.41) is 0. The topological polar surface area (TPSA) is 97.0 Å². The van der Waals surface area contributed by atoms with Crippen LogP contribution in [0.4, 0.5) is 0 Å². The molecule has 0 atom stereocenters. The highest BCUT2D eigenvalue weighted by Gasteiger charge is 2.33. The first-order valence-electron chi connectivity index (χ1n) is 11.3. The maximum absolute atomic E-state index is 13.0. The molecule has 0 bridgehead atoms. The molecule has 2 aromatic heterocycles. The Morgan fingerprint density at radius 1 is 1.03 bits per heavy atom. The first-order valence-corrected chi connectivity index (χ1v) is 11.3. The number of hydrogen-bond donors (Lipinski definition) is 0. The lowest BCUT2D eigenvalue weighted by atomic mass is 9.89. The van der Waals surface area contributed by atoms with E-state index >= 15 is 0 Å². The predicted molar refractivity (Wildman–Crippen MR) is 125 cm³/mol. The number of nitrogens with zero attached hydrogens (tertiary/aromatic N) is 1. The fourth-order valence-corrected chi connectivity index (χ4v) is 4.41. The Labute approximate surface area is 197 Å². The summed E-state index contributed by atoms with van der Waals surface area (Å²) in [6.07, 6.45) is 1.06. The molecule has 8 heteroatoms. The van der Waals surface area contributed by atoms with Crippen LogP contribution in [0, 0.1) is 6.92 Å². The summed E-state index contributed by atoms with van der Waals surface area (Å²) in [6.45, 7) is 6.16. The number of aromatic nitrogens is 1. The van der Waals surface area contributed by atoms with Gasteiger partial charge >= 0.3 is 17.6 Å². The van der Waals surface area contributed by atoms with E-state index in [9.17, 15) is 14.4 Å². The van der Waals surface area contributed by atoms with Crippen molar-refractivity contribution in [1.29, 1.82) is 0 Å². The second-order valence-corrected chi connectivity index (χ2v) is 7.96. The van der Waals surface area contributed by atoms with Crippen molar-refractivity contribution in [2.45, 2.75) is 40.2 Å². The number of methoxy groups -OCH3 is 1. The van der Waals surface area contributed by atoms with Crippen LogP contribution >= 0.6 is 0 Å². The standard InChI is InChI=1S/C26H27NO7/c1-5-32-24(28)20-13-17-9-12-19-21(23(17)34-25(20)29)15(3)27(22(19)26(30)33-6-2)14-16-7-10-18(31-4)11-8-16/h7-8,10-11,13H,5-6,9,12,14H2,1-4H3. The van der Waals surface area contributed by atoms with Crippen molar-refractivity contribution < 1.29 is 28.2 Å². The van der Waals surface area contributed by atoms with E-state index in [1.807, 2.05) is 35.8 Å². The summed E-state index contributed by atoms with van der Waals surface area (Å²) >= 11 is 0. The third kappa shape index (κ3) is 4.11. The van der Waals surface area contributed by atoms with Gasteiger partial charge in [-0.25, -0.2) is 14.4 Å². The number of hydrogen-bond acceptors (Lipinski definition) is 7. The number of rotatable bonds is 7. The predicted octanol–water partition coefficient (Wildman–Crippen LogP) is 3.93. The van der Waals surface area contributed by atoms with Gasteiger partial charge in [0.2, 0.25) is 0 Å². The molecule has 0 unspecified atom stereocenters. The molecule has 0 fully saturated rings. The van der Waals surface area contributed by atoms with E-state index in [-0.39, 0.29) is 18.8 Å². The van der Waals surface area contributed by atoms with Crippen molar-refractivity contribution in [3.63, 3.8) is 0 Å². The van der Waals surface area contributed by atoms with Crippen LogP contribution in [-0.2, 0) is 28.9 Å². The molecule has 0 radical (unpaired) electrons. The molecule has 3 aromatic rings. The van der Waals surface area contributed by atoms with Gasteiger partial charge in [-0.15, -0.1) is 0 Å². The zero-order valence-electron chi connectivity index (χ0n) is 19.7. The molecule has 8 nitrogen and oxygen atoms in total. The van der Waals surface area contributed by atoms with Gasteiger partial charge in [-0.05, 0) is 68.5 Å². The van der Waals surface area contributed by atoms with Crippen LogP contribution in [0.1, 0.15) is 57.1 Å². The van der Waals surface area contributed by atoms with Crippen molar-refractivity contribution in [1.82, 2.24) is 4.57 Å². The Kier molecular flexibility index (Phi) is 6.58. The van der Waals surface area contributed by atoms with Gasteiger partial charge in [0, 0.05) is 17.8 Å². The average molecular weight is 466 g/mol. The highest BCUT2D eigenvalue weighted by Crippen LogP contribution is 2.40. The van der Waals surface area contributed by atoms with E-state index in [1.165, 1.54) is 0 Å². The fraction of sp³-hybridized carbons (Fsp3) is 0.346. The normalized spacial score (nSPS) is 12.0. The number of esters is 2. The molecule has 0 aliphatic heterocycles. The number of carbonyl (C=O) groups is 2. The van der Waals surface area contributed by atoms with Crippen molar-refractivity contribution in [3.05, 3.63) is 74.4 Å². The van der Waals surface area contributed by atoms with Gasteiger partial charge in [0.25, 0.3) is 0 Å². The van der Waals surface area contributed by atoms with Crippen LogP contribution in [0.15, 0.2) is 39.5 Å². The van der Waals surface area contributed by atoms with Crippen molar-refractivity contribution in [2.75, 3.05) is 20.3 Å². The van der Waals surface area contributed by atoms with Crippen LogP contribution in [-0.4, -0.2) is 36.8 Å². The number of carbonyl (C=O) groups excluding carboxylic acids is 2. The molecule has 0 saturated heterocycles. The van der Waals surface area contributed by atoms with Gasteiger partial charge in [-0.1, -0.05) is 12.1 Å². The lowest BCUT2D eigenvalue weighted by Crippen LogP contribution is -2.19. The first-order chi connectivity index (χ1) is 16.4. The number of ether oxygens (including phenoxy) is 3. The molecule has 34 heavy (non-hydrogen) atoms. The van der Waals surface area contributed by atoms with Crippen LogP contribution in [0.3, 0.4) is 0 Å². The third-order valence-electron chi connectivity index (χ3n) is 5.98.